The minimum Gasteiger partial charge on any atom is -0.329 e. The Hall–Kier alpha value is -0.870. The molecule has 0 bridgehead atoms. The van der Waals surface area contributed by atoms with E-state index in [1.54, 1.807) is 0 Å². The first kappa shape index (κ1) is 14.2. The van der Waals surface area contributed by atoms with Gasteiger partial charge < -0.3 is 5.73 Å². The predicted molar refractivity (Wildman–Crippen MR) is 71.9 cm³/mol. The smallest absolute Gasteiger partial charge is 0.0540 e. The summed E-state index contributed by atoms with van der Waals surface area (Å²) in [6.45, 7) is 10.5. The van der Waals surface area contributed by atoms with Crippen molar-refractivity contribution in [1.82, 2.24) is 14.7 Å². The monoisotopic (exact) mass is 238 g/mol. The molecule has 0 radical (unpaired) electrons. The lowest BCUT2D eigenvalue weighted by molar-refractivity contribution is 0.157. The molecule has 0 saturated carbocycles. The highest BCUT2D eigenvalue weighted by atomic mass is 15.3. The Morgan fingerprint density at radius 3 is 2.47 bits per heavy atom. The molecule has 0 aliphatic heterocycles. The van der Waals surface area contributed by atoms with E-state index >= 15 is 0 Å². The molecule has 0 fully saturated rings. The van der Waals surface area contributed by atoms with Crippen LogP contribution in [-0.2, 0) is 7.05 Å². The van der Waals surface area contributed by atoms with Crippen LogP contribution in [0.25, 0.3) is 0 Å². The fraction of sp³-hybridized carbons (Fsp3) is 0.769. The number of aryl methyl sites for hydroxylation is 1. The first-order chi connectivity index (χ1) is 8.02. The average Bonchev–Trinajstić information content (AvgIpc) is 2.61. The largest absolute Gasteiger partial charge is 0.329 e. The van der Waals surface area contributed by atoms with Crippen LogP contribution in [0.4, 0.5) is 0 Å². The predicted octanol–water partition coefficient (Wildman–Crippen LogP) is 1.85. The van der Waals surface area contributed by atoms with Gasteiger partial charge in [0.2, 0.25) is 0 Å². The molecule has 0 spiro atoms. The molecule has 0 aliphatic carbocycles. The summed E-state index contributed by atoms with van der Waals surface area (Å²) in [5.74, 6) is 0. The van der Waals surface area contributed by atoms with Crippen molar-refractivity contribution in [3.8, 4) is 0 Å². The summed E-state index contributed by atoms with van der Waals surface area (Å²) in [4.78, 5) is 2.46. The van der Waals surface area contributed by atoms with Gasteiger partial charge in [0, 0.05) is 30.9 Å². The van der Waals surface area contributed by atoms with Gasteiger partial charge in [-0.25, -0.2) is 0 Å². The maximum Gasteiger partial charge on any atom is 0.0540 e. The summed E-state index contributed by atoms with van der Waals surface area (Å²) in [7, 11) is 1.98. The maximum absolute atomic E-state index is 5.97. The molecular weight excluding hydrogens is 212 g/mol. The molecule has 98 valence electrons. The maximum atomic E-state index is 5.97. The molecule has 1 atom stereocenters. The molecule has 1 rings (SSSR count). The van der Waals surface area contributed by atoms with Crippen LogP contribution in [0.15, 0.2) is 6.20 Å². The molecule has 0 aliphatic rings. The highest BCUT2D eigenvalue weighted by Gasteiger charge is 2.23. The van der Waals surface area contributed by atoms with Gasteiger partial charge in [0.15, 0.2) is 0 Å². The summed E-state index contributed by atoms with van der Waals surface area (Å²) in [5, 5.41) is 4.32. The summed E-state index contributed by atoms with van der Waals surface area (Å²) < 4.78 is 1.92. The summed E-state index contributed by atoms with van der Waals surface area (Å²) in [6.07, 6.45) is 3.10. The van der Waals surface area contributed by atoms with Crippen molar-refractivity contribution in [3.63, 3.8) is 0 Å². The lowest BCUT2D eigenvalue weighted by atomic mass is 10.0. The zero-order chi connectivity index (χ0) is 13.0. The Morgan fingerprint density at radius 1 is 1.47 bits per heavy atom. The van der Waals surface area contributed by atoms with Crippen LogP contribution in [-0.4, -0.2) is 33.8 Å². The average molecular weight is 238 g/mol. The number of hydrogen-bond acceptors (Lipinski definition) is 3. The molecule has 4 nitrogen and oxygen atoms in total. The second kappa shape index (κ2) is 6.17. The highest BCUT2D eigenvalue weighted by Crippen LogP contribution is 2.24. The topological polar surface area (TPSA) is 47.1 Å². The van der Waals surface area contributed by atoms with Gasteiger partial charge in [-0.3, -0.25) is 9.58 Å². The van der Waals surface area contributed by atoms with Crippen LogP contribution in [0.5, 0.6) is 0 Å². The minimum atomic E-state index is 0.281. The molecule has 0 aromatic carbocycles. The van der Waals surface area contributed by atoms with Gasteiger partial charge in [-0.15, -0.1) is 0 Å². The Labute approximate surface area is 105 Å². The third-order valence-electron chi connectivity index (χ3n) is 3.40. The van der Waals surface area contributed by atoms with Crippen molar-refractivity contribution in [2.45, 2.75) is 46.2 Å². The van der Waals surface area contributed by atoms with Crippen molar-refractivity contribution >= 4 is 0 Å². The van der Waals surface area contributed by atoms with E-state index in [0.717, 1.165) is 13.0 Å². The third kappa shape index (κ3) is 3.07. The Bertz CT molecular complexity index is 343. The molecule has 0 saturated heterocycles. The highest BCUT2D eigenvalue weighted by molar-refractivity contribution is 5.21. The molecule has 1 aromatic heterocycles. The normalized spacial score (nSPS) is 13.6. The zero-order valence-corrected chi connectivity index (χ0v) is 11.8. The van der Waals surface area contributed by atoms with Crippen LogP contribution in [0.1, 0.15) is 44.5 Å². The number of nitrogens with zero attached hydrogens (tertiary/aromatic N) is 3. The van der Waals surface area contributed by atoms with Gasteiger partial charge in [0.25, 0.3) is 0 Å². The molecule has 1 aromatic rings. The fourth-order valence-electron chi connectivity index (χ4n) is 2.32. The second-order valence-electron chi connectivity index (χ2n) is 4.89. The van der Waals surface area contributed by atoms with Gasteiger partial charge in [0.05, 0.1) is 12.2 Å². The number of aromatic nitrogens is 2. The van der Waals surface area contributed by atoms with E-state index in [1.165, 1.54) is 11.3 Å². The van der Waals surface area contributed by atoms with Crippen LogP contribution in [0, 0.1) is 6.92 Å². The van der Waals surface area contributed by atoms with Crippen LogP contribution in [0.3, 0.4) is 0 Å². The Balaban J connectivity index is 3.00. The van der Waals surface area contributed by atoms with Crippen LogP contribution >= 0.6 is 0 Å². The third-order valence-corrected chi connectivity index (χ3v) is 3.40. The minimum absolute atomic E-state index is 0.281. The molecule has 0 amide bonds. The van der Waals surface area contributed by atoms with E-state index in [0.29, 0.717) is 12.6 Å². The molecule has 2 N–H and O–H groups in total. The summed E-state index contributed by atoms with van der Waals surface area (Å²) >= 11 is 0. The van der Waals surface area contributed by atoms with Gasteiger partial charge >= 0.3 is 0 Å². The summed E-state index contributed by atoms with van der Waals surface area (Å²) in [6, 6.07) is 0.784. The van der Waals surface area contributed by atoms with E-state index in [-0.39, 0.29) is 6.04 Å². The van der Waals surface area contributed by atoms with Crippen LogP contribution in [0.2, 0.25) is 0 Å². The Morgan fingerprint density at radius 2 is 2.12 bits per heavy atom. The fourth-order valence-corrected chi connectivity index (χ4v) is 2.32. The van der Waals surface area contributed by atoms with Crippen LogP contribution < -0.4 is 5.73 Å². The van der Waals surface area contributed by atoms with Crippen molar-refractivity contribution < 1.29 is 0 Å². The van der Waals surface area contributed by atoms with Gasteiger partial charge in [-0.2, -0.15) is 5.10 Å². The van der Waals surface area contributed by atoms with Gasteiger partial charge in [-0.05, 0) is 33.7 Å². The van der Waals surface area contributed by atoms with E-state index in [2.05, 4.69) is 37.7 Å². The van der Waals surface area contributed by atoms with Crippen molar-refractivity contribution in [2.24, 2.45) is 12.8 Å². The van der Waals surface area contributed by atoms with E-state index in [9.17, 15) is 0 Å². The van der Waals surface area contributed by atoms with Gasteiger partial charge in [0.1, 0.15) is 0 Å². The van der Waals surface area contributed by atoms with Gasteiger partial charge in [-0.1, -0.05) is 6.92 Å². The number of hydrogen-bond donors (Lipinski definition) is 1. The second-order valence-corrected chi connectivity index (χ2v) is 4.89. The Kier molecular flexibility index (Phi) is 5.15. The number of nitrogens with two attached hydrogens (primary N) is 1. The first-order valence-corrected chi connectivity index (χ1v) is 6.47. The van der Waals surface area contributed by atoms with Crippen molar-refractivity contribution in [1.29, 1.82) is 0 Å². The SMILES string of the molecule is CCCN(C(C)C)C(CN)c1cnn(C)c1C. The number of rotatable bonds is 6. The first-order valence-electron chi connectivity index (χ1n) is 6.47. The zero-order valence-electron chi connectivity index (χ0n) is 11.8. The van der Waals surface area contributed by atoms with Crippen molar-refractivity contribution in [3.05, 3.63) is 17.5 Å². The van der Waals surface area contributed by atoms with E-state index in [1.807, 2.05) is 17.9 Å². The lowest BCUT2D eigenvalue weighted by Gasteiger charge is -2.34. The molecular formula is C13H26N4. The molecule has 1 unspecified atom stereocenters. The summed E-state index contributed by atoms with van der Waals surface area (Å²) in [5.41, 5.74) is 8.44. The van der Waals surface area contributed by atoms with E-state index in [4.69, 9.17) is 5.73 Å². The standard InChI is InChI=1S/C13H26N4/c1-6-7-17(10(2)3)13(8-14)12-9-15-16(5)11(12)4/h9-10,13H,6-8,14H2,1-5H3. The molecule has 4 heteroatoms. The lowest BCUT2D eigenvalue weighted by Crippen LogP contribution is -2.39. The quantitative estimate of drug-likeness (QED) is 0.822. The van der Waals surface area contributed by atoms with E-state index < -0.39 is 0 Å². The molecule has 1 heterocycles. The molecule has 17 heavy (non-hydrogen) atoms. The van der Waals surface area contributed by atoms with Crippen molar-refractivity contribution in [2.75, 3.05) is 13.1 Å².